The third kappa shape index (κ3) is 6.41. The number of urea groups is 1. The quantitative estimate of drug-likeness (QED) is 0.160. The fourth-order valence-electron chi connectivity index (χ4n) is 8.16. The van der Waals surface area contributed by atoms with E-state index in [2.05, 4.69) is 10.6 Å². The number of aliphatic hydroxyl groups excluding tert-OH is 1. The molecule has 2 aromatic carbocycles. The Morgan fingerprint density at radius 1 is 0.930 bits per heavy atom. The molecule has 5 aliphatic rings. The van der Waals surface area contributed by atoms with Crippen molar-refractivity contribution in [3.05, 3.63) is 94.8 Å². The van der Waals surface area contributed by atoms with E-state index in [0.717, 1.165) is 58.4 Å². The zero-order chi connectivity index (χ0) is 29.4. The first-order valence-electron chi connectivity index (χ1n) is 15.4. The minimum absolute atomic E-state index is 0.0146. The number of ether oxygens (including phenoxy) is 2. The van der Waals surface area contributed by atoms with Gasteiger partial charge in [-0.15, -0.1) is 0 Å². The molecule has 4 saturated carbocycles. The molecule has 0 radical (unpaired) electrons. The van der Waals surface area contributed by atoms with E-state index >= 15 is 0 Å². The smallest absolute Gasteiger partial charge is 0.319 e. The van der Waals surface area contributed by atoms with E-state index in [1.807, 2.05) is 60.7 Å². The van der Waals surface area contributed by atoms with Crippen molar-refractivity contribution < 1.29 is 24.1 Å². The Morgan fingerprint density at radius 2 is 1.67 bits per heavy atom. The molecule has 8 nitrogen and oxygen atoms in total. The van der Waals surface area contributed by atoms with Gasteiger partial charge in [-0.1, -0.05) is 48.2 Å². The van der Waals surface area contributed by atoms with Gasteiger partial charge in [-0.2, -0.15) is 4.73 Å². The first-order chi connectivity index (χ1) is 20.9. The largest absolute Gasteiger partial charge is 0.618 e. The number of nitrogens with one attached hydrogen (secondary N) is 2. The first kappa shape index (κ1) is 28.6. The Morgan fingerprint density at radius 3 is 2.37 bits per heavy atom. The molecule has 1 aliphatic heterocycles. The zero-order valence-corrected chi connectivity index (χ0v) is 25.0. The van der Waals surface area contributed by atoms with Crippen LogP contribution >= 0.6 is 11.8 Å². The number of thioether (sulfide) groups is 1. The highest BCUT2D eigenvalue weighted by molar-refractivity contribution is 7.99. The molecule has 9 heteroatoms. The lowest BCUT2D eigenvalue weighted by Gasteiger charge is -2.56. The lowest BCUT2D eigenvalue weighted by molar-refractivity contribution is -0.645. The number of aliphatic hydroxyl groups is 1. The molecule has 43 heavy (non-hydrogen) atoms. The Labute approximate surface area is 256 Å². The van der Waals surface area contributed by atoms with Gasteiger partial charge in [0.25, 0.3) is 5.03 Å². The van der Waals surface area contributed by atoms with Crippen molar-refractivity contribution in [2.45, 2.75) is 80.6 Å². The van der Waals surface area contributed by atoms with Gasteiger partial charge in [0.1, 0.15) is 0 Å². The average Bonchev–Trinajstić information content (AvgIpc) is 3.00. The van der Waals surface area contributed by atoms with Crippen LogP contribution in [0.3, 0.4) is 0 Å². The summed E-state index contributed by atoms with van der Waals surface area (Å²) in [4.78, 5) is 13.2. The van der Waals surface area contributed by atoms with Crippen molar-refractivity contribution in [3.63, 3.8) is 0 Å². The Hall–Kier alpha value is -3.11. The van der Waals surface area contributed by atoms with Crippen LogP contribution in [0.5, 0.6) is 0 Å². The van der Waals surface area contributed by atoms with E-state index in [0.29, 0.717) is 22.9 Å². The number of rotatable bonds is 8. The highest BCUT2D eigenvalue weighted by Gasteiger charge is 2.51. The van der Waals surface area contributed by atoms with Gasteiger partial charge >= 0.3 is 6.03 Å². The molecule has 2 heterocycles. The van der Waals surface area contributed by atoms with Crippen LogP contribution in [0.4, 0.5) is 10.5 Å². The topological polar surface area (TPSA) is 107 Å². The van der Waals surface area contributed by atoms with Crippen molar-refractivity contribution in [1.82, 2.24) is 5.32 Å². The summed E-state index contributed by atoms with van der Waals surface area (Å²) < 4.78 is 13.8. The molecule has 226 valence electrons. The molecule has 1 saturated heterocycles. The van der Waals surface area contributed by atoms with Crippen LogP contribution in [0.2, 0.25) is 0 Å². The van der Waals surface area contributed by atoms with Gasteiger partial charge < -0.3 is 30.4 Å². The Bertz CT molecular complexity index is 1410. The van der Waals surface area contributed by atoms with Gasteiger partial charge in [-0.05, 0) is 85.6 Å². The van der Waals surface area contributed by atoms with Crippen LogP contribution in [-0.4, -0.2) is 28.5 Å². The standard InChI is InChI=1S/C34H39N3O5S/c38-20-22-7-9-26(10-8-22)30-16-29(21-43-31-6-1-2-11-37(31)40)41-32(42-30)27-4-3-5-28(15-27)35-33(39)36-34-17-23-12-24(18-34)14-25(13-23)19-34/h1-11,15,23-25,29-30,32,38H,12-14,16-21H2,(H2,35,36,39)/t23?,24?,25?,29-,30+,32+,34?/m1/s1. The summed E-state index contributed by atoms with van der Waals surface area (Å²) >= 11 is 1.46. The van der Waals surface area contributed by atoms with Crippen LogP contribution in [0.25, 0.3) is 0 Å². The van der Waals surface area contributed by atoms with Gasteiger partial charge in [-0.25, -0.2) is 4.79 Å². The molecule has 4 aliphatic carbocycles. The first-order valence-corrected chi connectivity index (χ1v) is 16.4. The number of pyridine rings is 1. The number of anilines is 1. The van der Waals surface area contributed by atoms with E-state index in [1.54, 1.807) is 6.07 Å². The summed E-state index contributed by atoms with van der Waals surface area (Å²) in [6.07, 6.45) is 8.37. The molecular formula is C34H39N3O5S. The molecule has 0 spiro atoms. The fourth-order valence-corrected chi connectivity index (χ4v) is 9.09. The Balaban J connectivity index is 1.06. The third-order valence-electron chi connectivity index (χ3n) is 9.65. The molecule has 2 amide bonds. The lowest BCUT2D eigenvalue weighted by atomic mass is 9.53. The number of hydrogen-bond acceptors (Lipinski definition) is 6. The Kier molecular flexibility index (Phi) is 8.07. The number of carbonyl (C=O) groups excluding carboxylic acids is 1. The summed E-state index contributed by atoms with van der Waals surface area (Å²) in [6, 6.07) is 20.7. The van der Waals surface area contributed by atoms with Crippen LogP contribution < -0.4 is 15.4 Å². The van der Waals surface area contributed by atoms with Crippen molar-refractivity contribution in [1.29, 1.82) is 0 Å². The van der Waals surface area contributed by atoms with Crippen molar-refractivity contribution in [2.75, 3.05) is 11.1 Å². The van der Waals surface area contributed by atoms with Crippen molar-refractivity contribution >= 4 is 23.5 Å². The predicted octanol–water partition coefficient (Wildman–Crippen LogP) is 6.24. The summed E-state index contributed by atoms with van der Waals surface area (Å²) in [5.41, 5.74) is 3.30. The van der Waals surface area contributed by atoms with Crippen LogP contribution in [0, 0.1) is 23.0 Å². The molecule has 1 aromatic heterocycles. The van der Waals surface area contributed by atoms with Crippen molar-refractivity contribution in [2.24, 2.45) is 17.8 Å². The maximum absolute atomic E-state index is 13.2. The lowest BCUT2D eigenvalue weighted by Crippen LogP contribution is -2.60. The molecule has 3 aromatic rings. The molecule has 4 bridgehead atoms. The predicted molar refractivity (Wildman–Crippen MR) is 164 cm³/mol. The molecule has 5 fully saturated rings. The highest BCUT2D eigenvalue weighted by Crippen LogP contribution is 2.55. The summed E-state index contributed by atoms with van der Waals surface area (Å²) in [5.74, 6) is 2.86. The minimum Gasteiger partial charge on any atom is -0.618 e. The van der Waals surface area contributed by atoms with Crippen LogP contribution in [-0.2, 0) is 16.1 Å². The second-order valence-electron chi connectivity index (χ2n) is 12.9. The maximum Gasteiger partial charge on any atom is 0.319 e. The SMILES string of the molecule is O=C(Nc1cccc([C@H]2O[C@@H](CSc3cccc[n+]3[O-])C[C@@H](c3ccc(CO)cc3)O2)c1)NC12CC3CC(CC(C3)C1)C2. The number of carbonyl (C=O) groups is 1. The molecule has 8 rings (SSSR count). The summed E-state index contributed by atoms with van der Waals surface area (Å²) in [5, 5.41) is 28.8. The molecular weight excluding hydrogens is 562 g/mol. The zero-order valence-electron chi connectivity index (χ0n) is 24.2. The molecule has 0 unspecified atom stereocenters. The van der Waals surface area contributed by atoms with E-state index in [1.165, 1.54) is 37.2 Å². The second kappa shape index (κ2) is 12.1. The number of nitrogens with zero attached hydrogens (tertiary/aromatic N) is 1. The monoisotopic (exact) mass is 601 g/mol. The van der Waals surface area contributed by atoms with Gasteiger partial charge in [0.05, 0.1) is 18.8 Å². The molecule has 3 N–H and O–H groups in total. The number of benzene rings is 2. The normalized spacial score (nSPS) is 31.1. The van der Waals surface area contributed by atoms with E-state index < -0.39 is 6.29 Å². The van der Waals surface area contributed by atoms with Gasteiger partial charge in [0.15, 0.2) is 12.5 Å². The van der Waals surface area contributed by atoms with Gasteiger partial charge in [0, 0.05) is 41.1 Å². The van der Waals surface area contributed by atoms with Gasteiger partial charge in [-0.3, -0.25) is 0 Å². The summed E-state index contributed by atoms with van der Waals surface area (Å²) in [7, 11) is 0. The fraction of sp³-hybridized carbons (Fsp3) is 0.471. The van der Waals surface area contributed by atoms with Crippen molar-refractivity contribution in [3.8, 4) is 0 Å². The summed E-state index contributed by atoms with van der Waals surface area (Å²) in [6.45, 7) is -0.0146. The number of amides is 2. The van der Waals surface area contributed by atoms with Crippen LogP contribution in [0.15, 0.2) is 78.0 Å². The van der Waals surface area contributed by atoms with Gasteiger partial charge in [0.2, 0.25) is 0 Å². The van der Waals surface area contributed by atoms with E-state index in [-0.39, 0.29) is 30.4 Å². The minimum atomic E-state index is -0.648. The molecule has 3 atom stereocenters. The number of aromatic nitrogens is 1. The van der Waals surface area contributed by atoms with E-state index in [9.17, 15) is 15.1 Å². The van der Waals surface area contributed by atoms with Crippen LogP contribution in [0.1, 0.15) is 74.0 Å². The number of hydrogen-bond donors (Lipinski definition) is 3. The maximum atomic E-state index is 13.2. The second-order valence-corrected chi connectivity index (χ2v) is 14.0. The van der Waals surface area contributed by atoms with E-state index in [4.69, 9.17) is 9.47 Å². The average molecular weight is 602 g/mol. The third-order valence-corrected chi connectivity index (χ3v) is 10.8. The highest BCUT2D eigenvalue weighted by atomic mass is 32.2.